The van der Waals surface area contributed by atoms with E-state index in [4.69, 9.17) is 18.0 Å². The zero-order chi connectivity index (χ0) is 10.6. The Hall–Kier alpha value is -0.640. The first-order valence-corrected chi connectivity index (χ1v) is 5.52. The molecule has 1 amide bonds. The van der Waals surface area contributed by atoms with Gasteiger partial charge >= 0.3 is 0 Å². The molecule has 0 aromatic rings. The number of nitrogens with zero attached hydrogens (tertiary/aromatic N) is 1. The minimum Gasteiger partial charge on any atom is -0.392 e. The summed E-state index contributed by atoms with van der Waals surface area (Å²) in [6, 6.07) is 0. The molecular formula is C10H18N2OS. The van der Waals surface area contributed by atoms with Crippen LogP contribution in [-0.2, 0) is 4.79 Å². The van der Waals surface area contributed by atoms with Crippen molar-refractivity contribution in [3.63, 3.8) is 0 Å². The number of carbonyl (C=O) groups excluding carboxylic acids is 1. The second-order valence-corrected chi connectivity index (χ2v) is 4.60. The molecule has 0 aromatic heterocycles. The highest BCUT2D eigenvalue weighted by atomic mass is 32.1. The summed E-state index contributed by atoms with van der Waals surface area (Å²) in [5, 5.41) is 0. The van der Waals surface area contributed by atoms with E-state index in [-0.39, 0.29) is 5.91 Å². The van der Waals surface area contributed by atoms with E-state index in [1.54, 1.807) is 11.9 Å². The maximum absolute atomic E-state index is 11.6. The Balaban J connectivity index is 2.29. The topological polar surface area (TPSA) is 46.3 Å². The van der Waals surface area contributed by atoms with Crippen molar-refractivity contribution in [2.45, 2.75) is 32.1 Å². The lowest BCUT2D eigenvalue weighted by molar-refractivity contribution is -0.130. The molecule has 0 heterocycles. The van der Waals surface area contributed by atoms with Crippen molar-refractivity contribution >= 4 is 23.1 Å². The minimum atomic E-state index is 0.171. The van der Waals surface area contributed by atoms with Crippen molar-refractivity contribution < 1.29 is 4.79 Å². The Morgan fingerprint density at radius 2 is 2.07 bits per heavy atom. The van der Waals surface area contributed by atoms with Gasteiger partial charge in [-0.25, -0.2) is 0 Å². The molecule has 0 radical (unpaired) electrons. The lowest BCUT2D eigenvalue weighted by Crippen LogP contribution is -2.35. The lowest BCUT2D eigenvalue weighted by Gasteiger charge is -2.18. The Kier molecular flexibility index (Phi) is 4.32. The summed E-state index contributed by atoms with van der Waals surface area (Å²) in [5.74, 6) is 0.765. The highest BCUT2D eigenvalue weighted by molar-refractivity contribution is 7.80. The van der Waals surface area contributed by atoms with Crippen LogP contribution in [0.25, 0.3) is 0 Å². The monoisotopic (exact) mass is 214 g/mol. The number of carbonyl (C=O) groups is 1. The molecule has 0 saturated heterocycles. The maximum Gasteiger partial charge on any atom is 0.222 e. The first kappa shape index (κ1) is 11.4. The van der Waals surface area contributed by atoms with Crippen molar-refractivity contribution in [3.8, 4) is 0 Å². The normalized spacial score (nSPS) is 16.9. The van der Waals surface area contributed by atoms with Gasteiger partial charge in [-0.3, -0.25) is 4.79 Å². The number of nitrogens with two attached hydrogens (primary N) is 1. The SMILES string of the molecule is CN(CC(N)=S)C(=O)CC1CCCC1. The summed E-state index contributed by atoms with van der Waals surface area (Å²) in [7, 11) is 1.76. The molecule has 1 rings (SSSR count). The van der Waals surface area contributed by atoms with Gasteiger partial charge in [-0.2, -0.15) is 0 Å². The van der Waals surface area contributed by atoms with Crippen LogP contribution in [0, 0.1) is 5.92 Å². The van der Waals surface area contributed by atoms with Crippen LogP contribution in [0.5, 0.6) is 0 Å². The van der Waals surface area contributed by atoms with E-state index in [1.807, 2.05) is 0 Å². The molecule has 80 valence electrons. The quantitative estimate of drug-likeness (QED) is 0.718. The third kappa shape index (κ3) is 3.62. The van der Waals surface area contributed by atoms with Gasteiger partial charge in [0.2, 0.25) is 5.91 Å². The number of rotatable bonds is 4. The molecule has 0 unspecified atom stereocenters. The van der Waals surface area contributed by atoms with Gasteiger partial charge in [0.15, 0.2) is 0 Å². The highest BCUT2D eigenvalue weighted by Crippen LogP contribution is 2.27. The van der Waals surface area contributed by atoms with Gasteiger partial charge < -0.3 is 10.6 Å². The summed E-state index contributed by atoms with van der Waals surface area (Å²) in [5.41, 5.74) is 5.38. The van der Waals surface area contributed by atoms with Crippen molar-refractivity contribution in [2.24, 2.45) is 11.7 Å². The Labute approximate surface area is 90.6 Å². The highest BCUT2D eigenvalue weighted by Gasteiger charge is 2.20. The van der Waals surface area contributed by atoms with Crippen molar-refractivity contribution in [1.29, 1.82) is 0 Å². The van der Waals surface area contributed by atoms with Gasteiger partial charge in [0.25, 0.3) is 0 Å². The fraction of sp³-hybridized carbons (Fsp3) is 0.800. The molecule has 3 nitrogen and oxygen atoms in total. The predicted octanol–water partition coefficient (Wildman–Crippen LogP) is 1.31. The van der Waals surface area contributed by atoms with Gasteiger partial charge in [-0.15, -0.1) is 0 Å². The van der Waals surface area contributed by atoms with Crippen LogP contribution in [0.15, 0.2) is 0 Å². The fourth-order valence-electron chi connectivity index (χ4n) is 1.94. The van der Waals surface area contributed by atoms with Gasteiger partial charge in [-0.1, -0.05) is 25.1 Å². The molecule has 14 heavy (non-hydrogen) atoms. The molecule has 2 N–H and O–H groups in total. The van der Waals surface area contributed by atoms with Crippen LogP contribution in [0.3, 0.4) is 0 Å². The second kappa shape index (κ2) is 5.29. The van der Waals surface area contributed by atoms with E-state index in [2.05, 4.69) is 0 Å². The molecule has 0 bridgehead atoms. The largest absolute Gasteiger partial charge is 0.392 e. The summed E-state index contributed by atoms with van der Waals surface area (Å²) < 4.78 is 0. The molecule has 1 fully saturated rings. The second-order valence-electron chi connectivity index (χ2n) is 4.07. The summed E-state index contributed by atoms with van der Waals surface area (Å²) >= 11 is 4.76. The van der Waals surface area contributed by atoms with Gasteiger partial charge in [0.1, 0.15) is 0 Å². The number of hydrogen-bond donors (Lipinski definition) is 1. The van der Waals surface area contributed by atoms with Crippen LogP contribution in [0.2, 0.25) is 0 Å². The molecule has 4 heteroatoms. The summed E-state index contributed by atoms with van der Waals surface area (Å²) in [6.45, 7) is 0.404. The number of hydrogen-bond acceptors (Lipinski definition) is 2. The van der Waals surface area contributed by atoms with E-state index in [9.17, 15) is 4.79 Å². The number of thiocarbonyl (C=S) groups is 1. The summed E-state index contributed by atoms with van der Waals surface area (Å²) in [6.07, 6.45) is 5.62. The average Bonchev–Trinajstić information content (AvgIpc) is 2.55. The van der Waals surface area contributed by atoms with Crippen LogP contribution in [-0.4, -0.2) is 29.4 Å². The van der Waals surface area contributed by atoms with E-state index >= 15 is 0 Å². The maximum atomic E-state index is 11.6. The molecule has 0 atom stereocenters. The smallest absolute Gasteiger partial charge is 0.222 e. The third-order valence-electron chi connectivity index (χ3n) is 2.76. The molecule has 1 aliphatic rings. The lowest BCUT2D eigenvalue weighted by atomic mass is 10.0. The van der Waals surface area contributed by atoms with Crippen LogP contribution < -0.4 is 5.73 Å². The van der Waals surface area contributed by atoms with Crippen LogP contribution >= 0.6 is 12.2 Å². The zero-order valence-electron chi connectivity index (χ0n) is 8.66. The van der Waals surface area contributed by atoms with E-state index in [0.29, 0.717) is 23.9 Å². The minimum absolute atomic E-state index is 0.171. The molecule has 1 aliphatic carbocycles. The van der Waals surface area contributed by atoms with E-state index in [0.717, 1.165) is 0 Å². The first-order valence-electron chi connectivity index (χ1n) is 5.12. The van der Waals surface area contributed by atoms with Crippen LogP contribution in [0.1, 0.15) is 32.1 Å². The molecule has 0 aliphatic heterocycles. The van der Waals surface area contributed by atoms with E-state index in [1.165, 1.54) is 25.7 Å². The van der Waals surface area contributed by atoms with Gasteiger partial charge in [-0.05, 0) is 18.8 Å². The number of likely N-dealkylation sites (N-methyl/N-ethyl adjacent to an activating group) is 1. The average molecular weight is 214 g/mol. The standard InChI is InChI=1S/C10H18N2OS/c1-12(7-9(11)14)10(13)6-8-4-2-3-5-8/h8H,2-7H2,1H3,(H2,11,14). The Morgan fingerprint density at radius 3 is 2.57 bits per heavy atom. The molecule has 0 spiro atoms. The molecule has 0 aromatic carbocycles. The van der Waals surface area contributed by atoms with E-state index < -0.39 is 0 Å². The Morgan fingerprint density at radius 1 is 1.50 bits per heavy atom. The first-order chi connectivity index (χ1) is 6.59. The third-order valence-corrected chi connectivity index (χ3v) is 2.89. The number of amides is 1. The fourth-order valence-corrected chi connectivity index (χ4v) is 2.13. The van der Waals surface area contributed by atoms with Crippen molar-refractivity contribution in [2.75, 3.05) is 13.6 Å². The predicted molar refractivity (Wildman–Crippen MR) is 61.0 cm³/mol. The van der Waals surface area contributed by atoms with Gasteiger partial charge in [0, 0.05) is 13.5 Å². The molecule has 1 saturated carbocycles. The van der Waals surface area contributed by atoms with Crippen LogP contribution in [0.4, 0.5) is 0 Å². The summed E-state index contributed by atoms with van der Waals surface area (Å²) in [4.78, 5) is 13.7. The van der Waals surface area contributed by atoms with Crippen molar-refractivity contribution in [1.82, 2.24) is 4.90 Å². The Bertz CT molecular complexity index is 224. The molecular weight excluding hydrogens is 196 g/mol. The zero-order valence-corrected chi connectivity index (χ0v) is 9.48. The van der Waals surface area contributed by atoms with Gasteiger partial charge in [0.05, 0.1) is 11.5 Å². The van der Waals surface area contributed by atoms with Crippen molar-refractivity contribution in [3.05, 3.63) is 0 Å².